The molecule has 4 rings (SSSR count). The number of hydrogen-bond acceptors (Lipinski definition) is 4. The fraction of sp³-hybridized carbons (Fsp3) is 0.560. The first-order valence-electron chi connectivity index (χ1n) is 11.4. The molecule has 1 aromatic carbocycles. The number of carbonyl (C=O) groups is 1. The summed E-state index contributed by atoms with van der Waals surface area (Å²) < 4.78 is 0. The smallest absolute Gasteiger partial charge is 0.222 e. The molecule has 3 heterocycles. The number of piperidine rings is 2. The molecule has 2 aromatic rings. The number of hydrogen-bond donors (Lipinski definition) is 0. The highest BCUT2D eigenvalue weighted by Crippen LogP contribution is 2.33. The first-order valence-corrected chi connectivity index (χ1v) is 11.4. The van der Waals surface area contributed by atoms with Gasteiger partial charge < -0.3 is 9.80 Å². The summed E-state index contributed by atoms with van der Waals surface area (Å²) in [5.74, 6) is 1.15. The molecule has 158 valence electrons. The maximum atomic E-state index is 13.1. The second kappa shape index (κ2) is 9.14. The number of likely N-dealkylation sites (tertiary alicyclic amines) is 2. The Labute approximate surface area is 179 Å². The van der Waals surface area contributed by atoms with Gasteiger partial charge in [-0.2, -0.15) is 5.26 Å². The monoisotopic (exact) mass is 404 g/mol. The molecule has 0 bridgehead atoms. The van der Waals surface area contributed by atoms with Crippen molar-refractivity contribution in [3.8, 4) is 6.07 Å². The van der Waals surface area contributed by atoms with E-state index in [9.17, 15) is 10.1 Å². The minimum absolute atomic E-state index is 0.310. The molecule has 0 aliphatic carbocycles. The zero-order chi connectivity index (χ0) is 21.1. The van der Waals surface area contributed by atoms with Crippen molar-refractivity contribution in [2.24, 2.45) is 5.92 Å². The van der Waals surface area contributed by atoms with Gasteiger partial charge in [-0.3, -0.25) is 9.78 Å². The number of aromatic nitrogens is 1. The number of pyridine rings is 1. The first kappa shape index (κ1) is 20.8. The molecular formula is C25H32N4O. The first-order chi connectivity index (χ1) is 14.6. The van der Waals surface area contributed by atoms with Crippen molar-refractivity contribution in [1.82, 2.24) is 14.8 Å². The summed E-state index contributed by atoms with van der Waals surface area (Å²) in [6, 6.07) is 10.8. The van der Waals surface area contributed by atoms with E-state index in [0.29, 0.717) is 35.8 Å². The summed E-state index contributed by atoms with van der Waals surface area (Å²) in [5, 5.41) is 10.5. The van der Waals surface area contributed by atoms with Gasteiger partial charge >= 0.3 is 0 Å². The molecule has 2 aliphatic rings. The van der Waals surface area contributed by atoms with E-state index in [2.05, 4.69) is 46.8 Å². The molecule has 2 aliphatic heterocycles. The summed E-state index contributed by atoms with van der Waals surface area (Å²) in [6.07, 6.45) is 6.80. The van der Waals surface area contributed by atoms with E-state index in [1.165, 1.54) is 5.56 Å². The molecule has 1 amide bonds. The van der Waals surface area contributed by atoms with Crippen molar-refractivity contribution >= 4 is 16.8 Å². The summed E-state index contributed by atoms with van der Waals surface area (Å²) in [6.45, 7) is 8.38. The minimum atomic E-state index is 0.310. The number of nitrogens with zero attached hydrogens (tertiary/aromatic N) is 4. The van der Waals surface area contributed by atoms with Crippen molar-refractivity contribution < 1.29 is 4.79 Å². The van der Waals surface area contributed by atoms with Crippen molar-refractivity contribution in [3.63, 3.8) is 0 Å². The maximum Gasteiger partial charge on any atom is 0.222 e. The fourth-order valence-electron chi connectivity index (χ4n) is 5.15. The Morgan fingerprint density at radius 3 is 2.73 bits per heavy atom. The number of fused-ring (bicyclic) bond motifs is 1. The highest BCUT2D eigenvalue weighted by atomic mass is 16.2. The lowest BCUT2D eigenvalue weighted by Crippen LogP contribution is -2.42. The molecule has 0 N–H and O–H groups in total. The third-order valence-electron chi connectivity index (χ3n) is 6.98. The molecule has 5 nitrogen and oxygen atoms in total. The number of nitriles is 1. The van der Waals surface area contributed by atoms with Gasteiger partial charge in [-0.1, -0.05) is 12.1 Å². The van der Waals surface area contributed by atoms with Crippen LogP contribution in [0.3, 0.4) is 0 Å². The van der Waals surface area contributed by atoms with Crippen LogP contribution in [0.1, 0.15) is 63.0 Å². The van der Waals surface area contributed by atoms with E-state index in [1.807, 2.05) is 12.1 Å². The topological polar surface area (TPSA) is 60.2 Å². The second-order valence-corrected chi connectivity index (χ2v) is 9.17. The summed E-state index contributed by atoms with van der Waals surface area (Å²) in [5.41, 5.74) is 2.61. The Hall–Kier alpha value is -2.45. The van der Waals surface area contributed by atoms with Gasteiger partial charge in [0.05, 0.1) is 11.1 Å². The Kier molecular flexibility index (Phi) is 6.34. The van der Waals surface area contributed by atoms with Gasteiger partial charge in [-0.25, -0.2) is 0 Å². The van der Waals surface area contributed by atoms with Crippen LogP contribution in [0.25, 0.3) is 10.9 Å². The lowest BCUT2D eigenvalue weighted by molar-refractivity contribution is -0.133. The Morgan fingerprint density at radius 2 is 2.00 bits per heavy atom. The Bertz CT molecular complexity index is 940. The van der Waals surface area contributed by atoms with Crippen LogP contribution < -0.4 is 0 Å². The zero-order valence-electron chi connectivity index (χ0n) is 18.2. The zero-order valence-corrected chi connectivity index (χ0v) is 18.2. The Balaban J connectivity index is 1.44. The highest BCUT2D eigenvalue weighted by Gasteiger charge is 2.29. The molecule has 0 saturated carbocycles. The van der Waals surface area contributed by atoms with Gasteiger partial charge in [0, 0.05) is 43.1 Å². The van der Waals surface area contributed by atoms with E-state index >= 15 is 0 Å². The van der Waals surface area contributed by atoms with Crippen LogP contribution in [-0.2, 0) is 4.79 Å². The van der Waals surface area contributed by atoms with Gasteiger partial charge in [0.2, 0.25) is 5.91 Å². The van der Waals surface area contributed by atoms with Crippen LogP contribution >= 0.6 is 0 Å². The van der Waals surface area contributed by atoms with Gasteiger partial charge in [0.15, 0.2) is 0 Å². The average molecular weight is 405 g/mol. The lowest BCUT2D eigenvalue weighted by atomic mass is 9.86. The van der Waals surface area contributed by atoms with Gasteiger partial charge in [0.25, 0.3) is 0 Å². The molecule has 1 unspecified atom stereocenters. The standard InChI is InChI=1S/C25H32N4O/c1-18(2)28-13-9-19(10-14-28)15-24(30)29-12-4-5-21(17-29)22-8-7-20(16-26)25-23(22)6-3-11-27-25/h3,6-8,11,18-19,21H,4-5,9-10,12-15,17H2,1-2H3. The van der Waals surface area contributed by atoms with Crippen LogP contribution in [0.5, 0.6) is 0 Å². The van der Waals surface area contributed by atoms with Crippen LogP contribution in [0.4, 0.5) is 0 Å². The number of amides is 1. The molecule has 1 atom stereocenters. The molecule has 2 fully saturated rings. The van der Waals surface area contributed by atoms with Crippen molar-refractivity contribution in [3.05, 3.63) is 41.6 Å². The van der Waals surface area contributed by atoms with Crippen LogP contribution in [-0.4, -0.2) is 52.9 Å². The average Bonchev–Trinajstić information content (AvgIpc) is 2.78. The molecule has 5 heteroatoms. The van der Waals surface area contributed by atoms with Crippen LogP contribution in [0.15, 0.2) is 30.5 Å². The predicted octanol–water partition coefficient (Wildman–Crippen LogP) is 4.32. The van der Waals surface area contributed by atoms with E-state index in [1.54, 1.807) is 6.20 Å². The summed E-state index contributed by atoms with van der Waals surface area (Å²) in [7, 11) is 0. The maximum absolute atomic E-state index is 13.1. The van der Waals surface area contributed by atoms with Crippen molar-refractivity contribution in [1.29, 1.82) is 5.26 Å². The molecule has 30 heavy (non-hydrogen) atoms. The fourth-order valence-corrected chi connectivity index (χ4v) is 5.15. The molecular weight excluding hydrogens is 372 g/mol. The molecule has 1 aromatic heterocycles. The normalized spacial score (nSPS) is 21.1. The number of carbonyl (C=O) groups excluding carboxylic acids is 1. The van der Waals surface area contributed by atoms with E-state index < -0.39 is 0 Å². The molecule has 2 saturated heterocycles. The van der Waals surface area contributed by atoms with Crippen molar-refractivity contribution in [2.45, 2.75) is 57.9 Å². The van der Waals surface area contributed by atoms with Gasteiger partial charge in [-0.05, 0) is 76.2 Å². The minimum Gasteiger partial charge on any atom is -0.342 e. The second-order valence-electron chi connectivity index (χ2n) is 9.17. The van der Waals surface area contributed by atoms with E-state index in [0.717, 1.165) is 62.8 Å². The quantitative estimate of drug-likeness (QED) is 0.761. The van der Waals surface area contributed by atoms with E-state index in [-0.39, 0.29) is 0 Å². The van der Waals surface area contributed by atoms with Gasteiger partial charge in [0.1, 0.15) is 6.07 Å². The highest BCUT2D eigenvalue weighted by molar-refractivity contribution is 5.87. The van der Waals surface area contributed by atoms with Gasteiger partial charge in [-0.15, -0.1) is 0 Å². The summed E-state index contributed by atoms with van der Waals surface area (Å²) >= 11 is 0. The summed E-state index contributed by atoms with van der Waals surface area (Å²) in [4.78, 5) is 22.1. The predicted molar refractivity (Wildman–Crippen MR) is 119 cm³/mol. The third-order valence-corrected chi connectivity index (χ3v) is 6.98. The lowest BCUT2D eigenvalue weighted by Gasteiger charge is -2.37. The Morgan fingerprint density at radius 1 is 1.20 bits per heavy atom. The molecule has 0 radical (unpaired) electrons. The third kappa shape index (κ3) is 4.34. The largest absolute Gasteiger partial charge is 0.342 e. The number of benzene rings is 1. The van der Waals surface area contributed by atoms with Crippen LogP contribution in [0, 0.1) is 17.2 Å². The molecule has 0 spiro atoms. The van der Waals surface area contributed by atoms with Crippen molar-refractivity contribution in [2.75, 3.05) is 26.2 Å². The SMILES string of the molecule is CC(C)N1CCC(CC(=O)N2CCCC(c3ccc(C#N)c4ncccc34)C2)CC1. The van der Waals surface area contributed by atoms with Crippen LogP contribution in [0.2, 0.25) is 0 Å². The van der Waals surface area contributed by atoms with E-state index in [4.69, 9.17) is 0 Å². The number of rotatable bonds is 4.